The van der Waals surface area contributed by atoms with E-state index in [0.29, 0.717) is 5.92 Å². The van der Waals surface area contributed by atoms with Gasteiger partial charge in [-0.25, -0.2) is 0 Å². The second-order valence-corrected chi connectivity index (χ2v) is 5.12. The van der Waals surface area contributed by atoms with Gasteiger partial charge in [0.25, 0.3) is 0 Å². The van der Waals surface area contributed by atoms with Crippen molar-refractivity contribution in [1.82, 2.24) is 20.2 Å². The van der Waals surface area contributed by atoms with Gasteiger partial charge in [0.05, 0.1) is 5.69 Å². The van der Waals surface area contributed by atoms with Gasteiger partial charge in [0.2, 0.25) is 5.95 Å². The highest BCUT2D eigenvalue weighted by Crippen LogP contribution is 2.23. The lowest BCUT2D eigenvalue weighted by atomic mass is 9.99. The van der Waals surface area contributed by atoms with Crippen molar-refractivity contribution in [2.75, 3.05) is 23.9 Å². The Labute approximate surface area is 117 Å². The molecule has 3 rings (SSSR count). The van der Waals surface area contributed by atoms with E-state index in [1.165, 1.54) is 0 Å². The molecule has 1 aliphatic rings. The minimum atomic E-state index is 0.624. The molecule has 0 N–H and O–H groups in total. The van der Waals surface area contributed by atoms with Gasteiger partial charge in [-0.3, -0.25) is 0 Å². The van der Waals surface area contributed by atoms with Crippen LogP contribution in [0.25, 0.3) is 5.69 Å². The van der Waals surface area contributed by atoms with Crippen LogP contribution in [0, 0.1) is 5.92 Å². The molecule has 0 unspecified atom stereocenters. The summed E-state index contributed by atoms with van der Waals surface area (Å²) in [6, 6.07) is 9.97. The van der Waals surface area contributed by atoms with Crippen molar-refractivity contribution in [1.29, 1.82) is 0 Å². The smallest absolute Gasteiger partial charge is 0.250 e. The number of piperidine rings is 1. The number of nitrogens with zero attached hydrogens (tertiary/aromatic N) is 5. The second-order valence-electron chi connectivity index (χ2n) is 4.81. The molecule has 2 aromatic rings. The number of hydrogen-bond acceptors (Lipinski definition) is 4. The molecule has 0 spiro atoms. The summed E-state index contributed by atoms with van der Waals surface area (Å²) < 4.78 is 1.79. The highest BCUT2D eigenvalue weighted by Gasteiger charge is 2.22. The summed E-state index contributed by atoms with van der Waals surface area (Å²) in [5.41, 5.74) is 0.988. The number of alkyl halides is 1. The lowest BCUT2D eigenvalue weighted by Crippen LogP contribution is -2.36. The monoisotopic (exact) mass is 277 g/mol. The van der Waals surface area contributed by atoms with Crippen molar-refractivity contribution >= 4 is 17.5 Å². The molecule has 0 radical (unpaired) electrons. The standard InChI is InChI=1S/C13H16ClN5/c14-10-11-6-8-18(9-7-11)13-15-16-17-19(13)12-4-2-1-3-5-12/h1-5,11H,6-10H2. The zero-order valence-corrected chi connectivity index (χ0v) is 11.4. The number of tetrazole rings is 1. The van der Waals surface area contributed by atoms with Gasteiger partial charge in [0.1, 0.15) is 0 Å². The Morgan fingerprint density at radius 1 is 1.16 bits per heavy atom. The molecule has 0 aliphatic carbocycles. The van der Waals surface area contributed by atoms with E-state index in [2.05, 4.69) is 20.4 Å². The van der Waals surface area contributed by atoms with E-state index < -0.39 is 0 Å². The van der Waals surface area contributed by atoms with E-state index in [0.717, 1.165) is 43.4 Å². The van der Waals surface area contributed by atoms with Crippen LogP contribution >= 0.6 is 11.6 Å². The minimum Gasteiger partial charge on any atom is -0.339 e. The van der Waals surface area contributed by atoms with Crippen LogP contribution < -0.4 is 4.90 Å². The highest BCUT2D eigenvalue weighted by atomic mass is 35.5. The number of benzene rings is 1. The van der Waals surface area contributed by atoms with E-state index in [9.17, 15) is 0 Å². The zero-order chi connectivity index (χ0) is 13.1. The van der Waals surface area contributed by atoms with Gasteiger partial charge in [-0.05, 0) is 41.3 Å². The van der Waals surface area contributed by atoms with Gasteiger partial charge in [0.15, 0.2) is 0 Å². The molecule has 0 atom stereocenters. The summed E-state index contributed by atoms with van der Waals surface area (Å²) >= 11 is 5.92. The summed E-state index contributed by atoms with van der Waals surface area (Å²) in [5.74, 6) is 2.19. The number of para-hydroxylation sites is 1. The van der Waals surface area contributed by atoms with Gasteiger partial charge in [0, 0.05) is 19.0 Å². The van der Waals surface area contributed by atoms with Crippen LogP contribution in [0.4, 0.5) is 5.95 Å². The van der Waals surface area contributed by atoms with Crippen molar-refractivity contribution in [2.24, 2.45) is 5.92 Å². The maximum absolute atomic E-state index is 5.92. The Balaban J connectivity index is 1.81. The summed E-state index contributed by atoms with van der Waals surface area (Å²) in [4.78, 5) is 2.23. The zero-order valence-electron chi connectivity index (χ0n) is 10.6. The van der Waals surface area contributed by atoms with Crippen LogP contribution in [0.5, 0.6) is 0 Å². The van der Waals surface area contributed by atoms with E-state index in [1.54, 1.807) is 4.68 Å². The molecule has 0 amide bonds. The first-order valence-corrected chi connectivity index (χ1v) is 7.06. The Morgan fingerprint density at radius 2 is 1.89 bits per heavy atom. The minimum absolute atomic E-state index is 0.624. The first-order valence-electron chi connectivity index (χ1n) is 6.53. The Kier molecular flexibility index (Phi) is 3.64. The summed E-state index contributed by atoms with van der Waals surface area (Å²) in [7, 11) is 0. The van der Waals surface area contributed by atoms with Gasteiger partial charge in [-0.2, -0.15) is 4.68 Å². The van der Waals surface area contributed by atoms with Crippen LogP contribution in [0.2, 0.25) is 0 Å². The van der Waals surface area contributed by atoms with Crippen molar-refractivity contribution in [3.05, 3.63) is 30.3 Å². The molecule has 19 heavy (non-hydrogen) atoms. The van der Waals surface area contributed by atoms with Crippen LogP contribution in [0.15, 0.2) is 30.3 Å². The SMILES string of the molecule is ClCC1CCN(c2nnnn2-c2ccccc2)CC1. The molecule has 6 heteroatoms. The fourth-order valence-electron chi connectivity index (χ4n) is 2.40. The lowest BCUT2D eigenvalue weighted by molar-refractivity contribution is 0.437. The van der Waals surface area contributed by atoms with Gasteiger partial charge >= 0.3 is 0 Å². The third-order valence-corrected chi connectivity index (χ3v) is 4.01. The second kappa shape index (κ2) is 5.57. The van der Waals surface area contributed by atoms with Crippen molar-refractivity contribution < 1.29 is 0 Å². The third-order valence-electron chi connectivity index (χ3n) is 3.57. The first kappa shape index (κ1) is 12.4. The highest BCUT2D eigenvalue weighted by molar-refractivity contribution is 6.18. The average molecular weight is 278 g/mol. The molecule has 1 aromatic carbocycles. The number of rotatable bonds is 3. The quantitative estimate of drug-likeness (QED) is 0.807. The van der Waals surface area contributed by atoms with Crippen LogP contribution in [-0.2, 0) is 0 Å². The molecule has 1 saturated heterocycles. The first-order chi connectivity index (χ1) is 9.38. The van der Waals surface area contributed by atoms with Crippen molar-refractivity contribution in [3.63, 3.8) is 0 Å². The number of halogens is 1. The average Bonchev–Trinajstić information content (AvgIpc) is 2.98. The molecular weight excluding hydrogens is 262 g/mol. The van der Waals surface area contributed by atoms with E-state index in [1.807, 2.05) is 30.3 Å². The van der Waals surface area contributed by atoms with E-state index in [-0.39, 0.29) is 0 Å². The molecule has 100 valence electrons. The van der Waals surface area contributed by atoms with Crippen molar-refractivity contribution in [3.8, 4) is 5.69 Å². The predicted octanol–water partition coefficient (Wildman–Crippen LogP) is 2.12. The van der Waals surface area contributed by atoms with Crippen LogP contribution in [0.3, 0.4) is 0 Å². The fraction of sp³-hybridized carbons (Fsp3) is 0.462. The summed E-state index contributed by atoms with van der Waals surface area (Å²) in [5, 5.41) is 12.1. The topological polar surface area (TPSA) is 46.8 Å². The number of aromatic nitrogens is 4. The van der Waals surface area contributed by atoms with E-state index >= 15 is 0 Å². The number of hydrogen-bond donors (Lipinski definition) is 0. The predicted molar refractivity (Wildman–Crippen MR) is 74.8 cm³/mol. The van der Waals surface area contributed by atoms with E-state index in [4.69, 9.17) is 11.6 Å². The largest absolute Gasteiger partial charge is 0.339 e. The molecule has 2 heterocycles. The Bertz CT molecular complexity index is 519. The maximum atomic E-state index is 5.92. The Hall–Kier alpha value is -1.62. The normalized spacial score (nSPS) is 16.8. The third kappa shape index (κ3) is 2.56. The van der Waals surface area contributed by atoms with Crippen molar-refractivity contribution in [2.45, 2.75) is 12.8 Å². The van der Waals surface area contributed by atoms with Gasteiger partial charge in [-0.1, -0.05) is 23.3 Å². The molecule has 1 fully saturated rings. The lowest BCUT2D eigenvalue weighted by Gasteiger charge is -2.31. The van der Waals surface area contributed by atoms with Gasteiger partial charge < -0.3 is 4.90 Å². The molecule has 1 aliphatic heterocycles. The molecular formula is C13H16ClN5. The van der Waals surface area contributed by atoms with Crippen LogP contribution in [0.1, 0.15) is 12.8 Å². The van der Waals surface area contributed by atoms with Crippen LogP contribution in [-0.4, -0.2) is 39.2 Å². The fourth-order valence-corrected chi connectivity index (χ4v) is 2.71. The molecule has 5 nitrogen and oxygen atoms in total. The molecule has 0 bridgehead atoms. The maximum Gasteiger partial charge on any atom is 0.250 e. The molecule has 0 saturated carbocycles. The number of anilines is 1. The summed E-state index contributed by atoms with van der Waals surface area (Å²) in [6.07, 6.45) is 2.20. The molecule has 1 aromatic heterocycles. The summed E-state index contributed by atoms with van der Waals surface area (Å²) in [6.45, 7) is 1.93. The van der Waals surface area contributed by atoms with Gasteiger partial charge in [-0.15, -0.1) is 11.6 Å². The Morgan fingerprint density at radius 3 is 2.58 bits per heavy atom.